The second-order valence-electron chi connectivity index (χ2n) is 12.2. The predicted octanol–water partition coefficient (Wildman–Crippen LogP) is 3.40. The minimum absolute atomic E-state index is 0.173. The van der Waals surface area contributed by atoms with Crippen molar-refractivity contribution in [1.29, 1.82) is 0 Å². The van der Waals surface area contributed by atoms with Crippen LogP contribution in [0.4, 0.5) is 0 Å². The Bertz CT molecular complexity index is 975. The maximum absolute atomic E-state index is 13.5. The lowest BCUT2D eigenvalue weighted by atomic mass is 9.86. The van der Waals surface area contributed by atoms with Crippen LogP contribution in [0.15, 0.2) is 60.7 Å². The van der Waals surface area contributed by atoms with Gasteiger partial charge in [-0.2, -0.15) is 0 Å². The molecule has 0 aliphatic heterocycles. The van der Waals surface area contributed by atoms with Crippen LogP contribution in [0.1, 0.15) is 63.5 Å². The summed E-state index contributed by atoms with van der Waals surface area (Å²) in [4.78, 5) is 27.0. The number of aliphatic hydroxyl groups is 3. The molecule has 2 amide bonds. The van der Waals surface area contributed by atoms with Crippen molar-refractivity contribution in [2.45, 2.75) is 95.6 Å². The fourth-order valence-corrected chi connectivity index (χ4v) is 6.50. The van der Waals surface area contributed by atoms with Crippen LogP contribution in [0.3, 0.4) is 0 Å². The first-order chi connectivity index (χ1) is 19.2. The standard InChI is InChI=1S/C33H46N2O5/c1-21-13-15-28(37)30(21)34-32(39)25(17-23-9-5-3-6-10-23)19-27(36)20-26(18-24-11-7-4-8-12-24)33(40)35-31-22(2)14-16-29(31)38/h3-12,21-22,25-31,36-38H,13-20H2,1-2H3,(H,34,39)(H,35,40). The Labute approximate surface area is 238 Å². The van der Waals surface area contributed by atoms with Crippen LogP contribution < -0.4 is 10.6 Å². The predicted molar refractivity (Wildman–Crippen MR) is 155 cm³/mol. The second-order valence-corrected chi connectivity index (χ2v) is 12.2. The van der Waals surface area contributed by atoms with E-state index in [1.165, 1.54) is 0 Å². The smallest absolute Gasteiger partial charge is 0.223 e. The Morgan fingerprint density at radius 3 is 1.40 bits per heavy atom. The van der Waals surface area contributed by atoms with Gasteiger partial charge in [0.2, 0.25) is 11.8 Å². The summed E-state index contributed by atoms with van der Waals surface area (Å²) in [6.07, 6.45) is 2.40. The highest BCUT2D eigenvalue weighted by molar-refractivity contribution is 5.80. The molecule has 0 saturated heterocycles. The fraction of sp³-hybridized carbons (Fsp3) is 0.576. The van der Waals surface area contributed by atoms with Crippen molar-refractivity contribution in [3.8, 4) is 0 Å². The van der Waals surface area contributed by atoms with Gasteiger partial charge in [0.25, 0.3) is 0 Å². The molecule has 2 aliphatic rings. The molecule has 4 rings (SSSR count). The van der Waals surface area contributed by atoms with E-state index in [0.29, 0.717) is 25.7 Å². The lowest BCUT2D eigenvalue weighted by Crippen LogP contribution is -2.47. The number of hydrogen-bond acceptors (Lipinski definition) is 5. The molecule has 2 aliphatic carbocycles. The van der Waals surface area contributed by atoms with Crippen LogP contribution >= 0.6 is 0 Å². The van der Waals surface area contributed by atoms with Crippen molar-refractivity contribution in [3.63, 3.8) is 0 Å². The maximum atomic E-state index is 13.5. The molecule has 0 radical (unpaired) electrons. The van der Waals surface area contributed by atoms with Gasteiger partial charge >= 0.3 is 0 Å². The highest BCUT2D eigenvalue weighted by Crippen LogP contribution is 2.29. The zero-order valence-corrected chi connectivity index (χ0v) is 23.8. The molecule has 40 heavy (non-hydrogen) atoms. The SMILES string of the molecule is CC1CCC(O)C1NC(=O)C(Cc1ccccc1)CC(O)CC(Cc1ccccc1)C(=O)NC1C(C)CCC1O. The minimum Gasteiger partial charge on any atom is -0.393 e. The summed E-state index contributed by atoms with van der Waals surface area (Å²) in [6, 6.07) is 18.9. The van der Waals surface area contributed by atoms with E-state index in [4.69, 9.17) is 0 Å². The van der Waals surface area contributed by atoms with E-state index in [1.807, 2.05) is 74.5 Å². The van der Waals surface area contributed by atoms with Crippen molar-refractivity contribution in [2.24, 2.45) is 23.7 Å². The summed E-state index contributed by atoms with van der Waals surface area (Å²) in [5.41, 5.74) is 2.00. The number of rotatable bonds is 12. The monoisotopic (exact) mass is 550 g/mol. The van der Waals surface area contributed by atoms with Gasteiger partial charge in [-0.3, -0.25) is 9.59 Å². The normalized spacial score (nSPS) is 28.5. The van der Waals surface area contributed by atoms with E-state index in [1.54, 1.807) is 0 Å². The van der Waals surface area contributed by atoms with Gasteiger partial charge in [0, 0.05) is 11.8 Å². The van der Waals surface area contributed by atoms with Crippen molar-refractivity contribution in [3.05, 3.63) is 71.8 Å². The van der Waals surface area contributed by atoms with Crippen LogP contribution in [-0.4, -0.2) is 57.5 Å². The second kappa shape index (κ2) is 14.2. The van der Waals surface area contributed by atoms with Crippen molar-refractivity contribution >= 4 is 11.8 Å². The van der Waals surface area contributed by atoms with E-state index in [-0.39, 0.29) is 48.6 Å². The number of aliphatic hydroxyl groups excluding tert-OH is 3. The van der Waals surface area contributed by atoms with Crippen LogP contribution in [0, 0.1) is 23.7 Å². The Hall–Kier alpha value is -2.74. The molecule has 2 fully saturated rings. The number of hydrogen-bond donors (Lipinski definition) is 5. The largest absolute Gasteiger partial charge is 0.393 e. The van der Waals surface area contributed by atoms with Gasteiger partial charge in [0.15, 0.2) is 0 Å². The van der Waals surface area contributed by atoms with Gasteiger partial charge in [-0.05, 0) is 74.3 Å². The molecule has 0 heterocycles. The van der Waals surface area contributed by atoms with Crippen LogP contribution in [0.25, 0.3) is 0 Å². The van der Waals surface area contributed by atoms with Gasteiger partial charge in [-0.25, -0.2) is 0 Å². The molecule has 5 N–H and O–H groups in total. The summed E-state index contributed by atoms with van der Waals surface area (Å²) in [5, 5.41) is 38.3. The number of nitrogens with one attached hydrogen (secondary N) is 2. The molecule has 0 aromatic heterocycles. The first-order valence-corrected chi connectivity index (χ1v) is 14.9. The Morgan fingerprint density at radius 2 is 1.07 bits per heavy atom. The zero-order valence-electron chi connectivity index (χ0n) is 23.8. The van der Waals surface area contributed by atoms with Crippen molar-refractivity contribution in [1.82, 2.24) is 10.6 Å². The molecule has 7 heteroatoms. The molecule has 2 saturated carbocycles. The molecule has 8 atom stereocenters. The van der Waals surface area contributed by atoms with Gasteiger partial charge in [0.1, 0.15) is 0 Å². The Kier molecular flexibility index (Phi) is 10.8. The average Bonchev–Trinajstić information content (AvgIpc) is 3.43. The number of carbonyl (C=O) groups excluding carboxylic acids is 2. The molecule has 8 unspecified atom stereocenters. The molecule has 0 spiro atoms. The summed E-state index contributed by atoms with van der Waals surface area (Å²) in [5.74, 6) is -0.980. The maximum Gasteiger partial charge on any atom is 0.223 e. The Balaban J connectivity index is 1.47. The first-order valence-electron chi connectivity index (χ1n) is 14.9. The van der Waals surface area contributed by atoms with Gasteiger partial charge in [-0.15, -0.1) is 0 Å². The highest BCUT2D eigenvalue weighted by Gasteiger charge is 2.37. The lowest BCUT2D eigenvalue weighted by molar-refractivity contribution is -0.128. The van der Waals surface area contributed by atoms with Gasteiger partial charge < -0.3 is 26.0 Å². The quantitative estimate of drug-likeness (QED) is 0.278. The number of carbonyl (C=O) groups is 2. The lowest BCUT2D eigenvalue weighted by Gasteiger charge is -2.28. The average molecular weight is 551 g/mol. The third kappa shape index (κ3) is 8.15. The zero-order chi connectivity index (χ0) is 28.6. The van der Waals surface area contributed by atoms with Crippen LogP contribution in [-0.2, 0) is 22.4 Å². The first kappa shape index (κ1) is 30.2. The molecular formula is C33H46N2O5. The van der Waals surface area contributed by atoms with E-state index in [2.05, 4.69) is 10.6 Å². The fourth-order valence-electron chi connectivity index (χ4n) is 6.50. The summed E-state index contributed by atoms with van der Waals surface area (Å²) >= 11 is 0. The molecule has 2 aromatic carbocycles. The van der Waals surface area contributed by atoms with Crippen LogP contribution in [0.5, 0.6) is 0 Å². The van der Waals surface area contributed by atoms with E-state index < -0.39 is 30.1 Å². The third-order valence-corrected chi connectivity index (χ3v) is 9.01. The topological polar surface area (TPSA) is 119 Å². The summed E-state index contributed by atoms with van der Waals surface area (Å²) in [7, 11) is 0. The minimum atomic E-state index is -0.879. The Morgan fingerprint density at radius 1 is 0.700 bits per heavy atom. The number of benzene rings is 2. The third-order valence-electron chi connectivity index (χ3n) is 9.01. The van der Waals surface area contributed by atoms with Crippen molar-refractivity contribution in [2.75, 3.05) is 0 Å². The highest BCUT2D eigenvalue weighted by atomic mass is 16.3. The molecule has 0 bridgehead atoms. The summed E-state index contributed by atoms with van der Waals surface area (Å²) in [6.45, 7) is 4.08. The number of amides is 2. The van der Waals surface area contributed by atoms with Crippen molar-refractivity contribution < 1.29 is 24.9 Å². The van der Waals surface area contributed by atoms with E-state index in [0.717, 1.165) is 24.0 Å². The van der Waals surface area contributed by atoms with E-state index >= 15 is 0 Å². The van der Waals surface area contributed by atoms with Crippen LogP contribution in [0.2, 0.25) is 0 Å². The van der Waals surface area contributed by atoms with Gasteiger partial charge in [-0.1, -0.05) is 74.5 Å². The van der Waals surface area contributed by atoms with E-state index in [9.17, 15) is 24.9 Å². The molecular weight excluding hydrogens is 504 g/mol. The molecule has 2 aromatic rings. The summed E-state index contributed by atoms with van der Waals surface area (Å²) < 4.78 is 0. The van der Waals surface area contributed by atoms with Gasteiger partial charge in [0.05, 0.1) is 30.4 Å². The molecule has 218 valence electrons. The molecule has 7 nitrogen and oxygen atoms in total.